The largest absolute Gasteiger partial charge is 0.368 e. The maximum absolute atomic E-state index is 12.0. The van der Waals surface area contributed by atoms with Crippen molar-refractivity contribution in [2.24, 2.45) is 0 Å². The maximum Gasteiger partial charge on any atom is 0.321 e. The molecule has 1 saturated heterocycles. The second-order valence-corrected chi connectivity index (χ2v) is 5.86. The van der Waals surface area contributed by atoms with Crippen LogP contribution in [-0.4, -0.2) is 54.0 Å². The molecular formula is C17H25N5O2. The Morgan fingerprint density at radius 2 is 2.29 bits per heavy atom. The summed E-state index contributed by atoms with van der Waals surface area (Å²) in [6, 6.07) is 5.62. The molecule has 0 aromatic carbocycles. The van der Waals surface area contributed by atoms with Crippen molar-refractivity contribution >= 4 is 17.8 Å². The van der Waals surface area contributed by atoms with Gasteiger partial charge in [0, 0.05) is 24.8 Å². The van der Waals surface area contributed by atoms with E-state index in [0.29, 0.717) is 6.54 Å². The number of amides is 3. The van der Waals surface area contributed by atoms with E-state index in [1.165, 1.54) is 0 Å². The first-order valence-electron chi connectivity index (χ1n) is 8.18. The molecule has 2 heterocycles. The Morgan fingerprint density at radius 1 is 1.46 bits per heavy atom. The van der Waals surface area contributed by atoms with Gasteiger partial charge in [0.1, 0.15) is 5.82 Å². The van der Waals surface area contributed by atoms with Crippen LogP contribution in [0.2, 0.25) is 0 Å². The number of nitrogens with zero attached hydrogens (tertiary/aromatic N) is 2. The molecule has 0 spiro atoms. The van der Waals surface area contributed by atoms with Crippen molar-refractivity contribution < 1.29 is 9.59 Å². The summed E-state index contributed by atoms with van der Waals surface area (Å²) in [5.41, 5.74) is 0.966. The minimum atomic E-state index is -0.488. The molecule has 1 fully saturated rings. The van der Waals surface area contributed by atoms with E-state index in [0.717, 1.165) is 37.4 Å². The fraction of sp³-hybridized carbons (Fsp3) is 0.471. The summed E-state index contributed by atoms with van der Waals surface area (Å²) >= 11 is 0. The number of rotatable bonds is 7. The van der Waals surface area contributed by atoms with Gasteiger partial charge < -0.3 is 10.6 Å². The van der Waals surface area contributed by atoms with Crippen LogP contribution in [0.25, 0.3) is 0 Å². The highest BCUT2D eigenvalue weighted by molar-refractivity contribution is 5.95. The summed E-state index contributed by atoms with van der Waals surface area (Å²) < 4.78 is 0. The lowest BCUT2D eigenvalue weighted by Gasteiger charge is -2.24. The molecular weight excluding hydrogens is 306 g/mol. The summed E-state index contributed by atoms with van der Waals surface area (Å²) in [5.74, 6) is 0.548. The van der Waals surface area contributed by atoms with E-state index in [2.05, 4.69) is 32.4 Å². The third-order valence-electron chi connectivity index (χ3n) is 3.91. The molecule has 0 saturated carbocycles. The number of likely N-dealkylation sites (tertiary alicyclic amines) is 1. The predicted octanol–water partition coefficient (Wildman–Crippen LogP) is 1.28. The van der Waals surface area contributed by atoms with Gasteiger partial charge >= 0.3 is 6.03 Å². The molecule has 130 valence electrons. The van der Waals surface area contributed by atoms with Crippen LogP contribution in [0.4, 0.5) is 10.6 Å². The molecule has 0 bridgehead atoms. The monoisotopic (exact) mass is 331 g/mol. The summed E-state index contributed by atoms with van der Waals surface area (Å²) in [6.45, 7) is 7.60. The molecule has 3 N–H and O–H groups in total. The van der Waals surface area contributed by atoms with E-state index in [9.17, 15) is 9.59 Å². The highest BCUT2D eigenvalue weighted by Crippen LogP contribution is 2.17. The maximum atomic E-state index is 12.0. The van der Waals surface area contributed by atoms with Crippen LogP contribution in [0, 0.1) is 6.92 Å². The number of carbonyl (C=O) groups is 2. The summed E-state index contributed by atoms with van der Waals surface area (Å²) in [4.78, 5) is 30.0. The van der Waals surface area contributed by atoms with Gasteiger partial charge in [0.2, 0.25) is 5.91 Å². The topological polar surface area (TPSA) is 86.4 Å². The average Bonchev–Trinajstić information content (AvgIpc) is 2.98. The standard InChI is InChI=1S/C17H25N5O2/c1-3-9-18-17(24)21-16(23)12-22-10-5-7-14(22)11-19-15-8-4-6-13(2)20-15/h3-4,6,8,14H,1,5,7,9-12H2,2H3,(H,19,20)(H2,18,21,23,24)/t14-/m1/s1. The van der Waals surface area contributed by atoms with Crippen LogP contribution in [0.15, 0.2) is 30.9 Å². The highest BCUT2D eigenvalue weighted by Gasteiger charge is 2.26. The first-order valence-corrected chi connectivity index (χ1v) is 8.18. The number of aromatic nitrogens is 1. The predicted molar refractivity (Wildman–Crippen MR) is 93.8 cm³/mol. The molecule has 1 aliphatic heterocycles. The molecule has 1 aromatic rings. The number of pyridine rings is 1. The van der Waals surface area contributed by atoms with Crippen LogP contribution in [0.1, 0.15) is 18.5 Å². The third kappa shape index (κ3) is 5.66. The van der Waals surface area contributed by atoms with E-state index < -0.39 is 6.03 Å². The lowest BCUT2D eigenvalue weighted by Crippen LogP contribution is -2.46. The Bertz CT molecular complexity index is 590. The van der Waals surface area contributed by atoms with Gasteiger partial charge in [-0.15, -0.1) is 6.58 Å². The molecule has 1 aliphatic rings. The van der Waals surface area contributed by atoms with Crippen LogP contribution in [0.3, 0.4) is 0 Å². The van der Waals surface area contributed by atoms with Crippen LogP contribution in [0.5, 0.6) is 0 Å². The smallest absolute Gasteiger partial charge is 0.321 e. The Hall–Kier alpha value is -2.41. The van der Waals surface area contributed by atoms with Gasteiger partial charge in [-0.05, 0) is 38.4 Å². The normalized spacial score (nSPS) is 17.3. The molecule has 7 heteroatoms. The van der Waals surface area contributed by atoms with Gasteiger partial charge in [0.25, 0.3) is 0 Å². The number of hydrogen-bond acceptors (Lipinski definition) is 5. The quantitative estimate of drug-likeness (QED) is 0.655. The van der Waals surface area contributed by atoms with Crippen molar-refractivity contribution in [3.63, 3.8) is 0 Å². The van der Waals surface area contributed by atoms with Crippen LogP contribution < -0.4 is 16.0 Å². The van der Waals surface area contributed by atoms with Crippen molar-refractivity contribution in [3.8, 4) is 0 Å². The number of carbonyl (C=O) groups excluding carboxylic acids is 2. The molecule has 2 rings (SSSR count). The van der Waals surface area contributed by atoms with Crippen LogP contribution >= 0.6 is 0 Å². The highest BCUT2D eigenvalue weighted by atomic mass is 16.2. The zero-order valence-electron chi connectivity index (χ0n) is 14.0. The van der Waals surface area contributed by atoms with E-state index in [-0.39, 0.29) is 18.5 Å². The van der Waals surface area contributed by atoms with E-state index >= 15 is 0 Å². The van der Waals surface area contributed by atoms with Gasteiger partial charge in [0.15, 0.2) is 0 Å². The van der Waals surface area contributed by atoms with Gasteiger partial charge in [-0.1, -0.05) is 12.1 Å². The molecule has 0 unspecified atom stereocenters. The number of nitrogens with one attached hydrogen (secondary N) is 3. The van der Waals surface area contributed by atoms with Crippen molar-refractivity contribution in [3.05, 3.63) is 36.5 Å². The summed E-state index contributed by atoms with van der Waals surface area (Å²) in [5, 5.41) is 8.18. The second-order valence-electron chi connectivity index (χ2n) is 5.86. The van der Waals surface area contributed by atoms with E-state index in [1.54, 1.807) is 6.08 Å². The first-order chi connectivity index (χ1) is 11.6. The number of hydrogen-bond donors (Lipinski definition) is 3. The van der Waals surface area contributed by atoms with Crippen molar-refractivity contribution in [2.75, 3.05) is 31.5 Å². The number of aryl methyl sites for hydroxylation is 1. The Morgan fingerprint density at radius 3 is 3.04 bits per heavy atom. The van der Waals surface area contributed by atoms with Gasteiger partial charge in [-0.2, -0.15) is 0 Å². The molecule has 7 nitrogen and oxygen atoms in total. The van der Waals surface area contributed by atoms with Gasteiger partial charge in [-0.25, -0.2) is 9.78 Å². The Labute approximate surface area is 142 Å². The number of imide groups is 1. The van der Waals surface area contributed by atoms with E-state index in [1.807, 2.05) is 25.1 Å². The van der Waals surface area contributed by atoms with Crippen molar-refractivity contribution in [1.29, 1.82) is 0 Å². The zero-order chi connectivity index (χ0) is 17.4. The fourth-order valence-electron chi connectivity index (χ4n) is 2.76. The summed E-state index contributed by atoms with van der Waals surface area (Å²) in [7, 11) is 0. The molecule has 3 amide bonds. The first kappa shape index (κ1) is 17.9. The second kappa shape index (κ2) is 9.02. The summed E-state index contributed by atoms with van der Waals surface area (Å²) in [6.07, 6.45) is 3.63. The fourth-order valence-corrected chi connectivity index (χ4v) is 2.76. The van der Waals surface area contributed by atoms with Gasteiger partial charge in [0.05, 0.1) is 6.54 Å². The SMILES string of the molecule is C=CCNC(=O)NC(=O)CN1CCC[C@@H]1CNc1cccc(C)n1. The Kier molecular flexibility index (Phi) is 6.74. The average molecular weight is 331 g/mol. The Balaban J connectivity index is 1.78. The van der Waals surface area contributed by atoms with Crippen molar-refractivity contribution in [1.82, 2.24) is 20.5 Å². The minimum absolute atomic E-state index is 0.217. The zero-order valence-corrected chi connectivity index (χ0v) is 14.0. The third-order valence-corrected chi connectivity index (χ3v) is 3.91. The lowest BCUT2D eigenvalue weighted by molar-refractivity contribution is -0.121. The minimum Gasteiger partial charge on any atom is -0.368 e. The van der Waals surface area contributed by atoms with Crippen LogP contribution in [-0.2, 0) is 4.79 Å². The van der Waals surface area contributed by atoms with E-state index in [4.69, 9.17) is 0 Å². The molecule has 1 aromatic heterocycles. The molecule has 1 atom stereocenters. The van der Waals surface area contributed by atoms with Gasteiger partial charge in [-0.3, -0.25) is 15.0 Å². The van der Waals surface area contributed by atoms with Crippen molar-refractivity contribution in [2.45, 2.75) is 25.8 Å². The molecule has 0 radical (unpaired) electrons. The number of urea groups is 1. The lowest BCUT2D eigenvalue weighted by atomic mass is 10.2. The number of anilines is 1. The molecule has 0 aliphatic carbocycles. The molecule has 24 heavy (non-hydrogen) atoms.